The highest BCUT2D eigenvalue weighted by atomic mass is 35.5. The lowest BCUT2D eigenvalue weighted by Gasteiger charge is -2.14. The number of rotatable bonds is 3. The van der Waals surface area contributed by atoms with Crippen LogP contribution >= 0.6 is 12.4 Å². The Labute approximate surface area is 107 Å². The summed E-state index contributed by atoms with van der Waals surface area (Å²) >= 11 is 0. The SMILES string of the molecule is COC(=O)[C@@H](N)CC1CNc2ccccc21.Cl. The maximum atomic E-state index is 11.2. The van der Waals surface area contributed by atoms with Gasteiger partial charge in [-0.2, -0.15) is 0 Å². The highest BCUT2D eigenvalue weighted by Gasteiger charge is 2.26. The van der Waals surface area contributed by atoms with E-state index < -0.39 is 6.04 Å². The third-order valence-corrected chi connectivity index (χ3v) is 2.98. The number of ether oxygens (including phenoxy) is 1. The minimum Gasteiger partial charge on any atom is -0.468 e. The number of halogens is 1. The molecule has 3 N–H and O–H groups in total. The van der Waals surface area contributed by atoms with Gasteiger partial charge in [0, 0.05) is 18.2 Å². The van der Waals surface area contributed by atoms with Gasteiger partial charge in [0.15, 0.2) is 0 Å². The zero-order valence-corrected chi connectivity index (χ0v) is 10.5. The number of para-hydroxylation sites is 1. The Morgan fingerprint density at radius 3 is 3.00 bits per heavy atom. The summed E-state index contributed by atoms with van der Waals surface area (Å²) in [5.74, 6) is -0.0466. The zero-order chi connectivity index (χ0) is 11.5. The van der Waals surface area contributed by atoms with E-state index in [1.165, 1.54) is 12.7 Å². The van der Waals surface area contributed by atoms with Gasteiger partial charge in [-0.25, -0.2) is 0 Å². The van der Waals surface area contributed by atoms with E-state index in [0.29, 0.717) is 12.3 Å². The molecule has 1 aromatic carbocycles. The van der Waals surface area contributed by atoms with Crippen LogP contribution in [0.1, 0.15) is 17.9 Å². The Kier molecular flexibility index (Phi) is 4.78. The molecule has 4 nitrogen and oxygen atoms in total. The normalized spacial score (nSPS) is 18.6. The predicted octanol–water partition coefficient (Wildman–Crippen LogP) is 1.51. The summed E-state index contributed by atoms with van der Waals surface area (Å²) in [6.07, 6.45) is 0.622. The first kappa shape index (κ1) is 13.8. The maximum Gasteiger partial charge on any atom is 0.322 e. The highest BCUT2D eigenvalue weighted by Crippen LogP contribution is 2.33. The van der Waals surface area contributed by atoms with Gasteiger partial charge in [0.05, 0.1) is 7.11 Å². The fourth-order valence-electron chi connectivity index (χ4n) is 2.12. The lowest BCUT2D eigenvalue weighted by molar-refractivity contribution is -0.142. The summed E-state index contributed by atoms with van der Waals surface area (Å²) in [5.41, 5.74) is 8.14. The third-order valence-electron chi connectivity index (χ3n) is 2.98. The van der Waals surface area contributed by atoms with Crippen LogP contribution in [0, 0.1) is 0 Å². The molecule has 2 rings (SSSR count). The van der Waals surface area contributed by atoms with E-state index in [2.05, 4.69) is 16.1 Å². The van der Waals surface area contributed by atoms with E-state index in [1.807, 2.05) is 18.2 Å². The van der Waals surface area contributed by atoms with Gasteiger partial charge in [-0.1, -0.05) is 18.2 Å². The fourth-order valence-corrected chi connectivity index (χ4v) is 2.12. The molecule has 2 atom stereocenters. The number of nitrogens with two attached hydrogens (primary N) is 1. The van der Waals surface area contributed by atoms with Gasteiger partial charge in [0.25, 0.3) is 0 Å². The van der Waals surface area contributed by atoms with Crippen molar-refractivity contribution in [3.8, 4) is 0 Å². The van der Waals surface area contributed by atoms with Gasteiger partial charge >= 0.3 is 5.97 Å². The zero-order valence-electron chi connectivity index (χ0n) is 9.68. The van der Waals surface area contributed by atoms with Crippen LogP contribution in [0.3, 0.4) is 0 Å². The summed E-state index contributed by atoms with van der Waals surface area (Å²) in [6.45, 7) is 0.837. The van der Waals surface area contributed by atoms with Crippen LogP contribution in [0.2, 0.25) is 0 Å². The minimum atomic E-state index is -0.539. The van der Waals surface area contributed by atoms with Crippen molar-refractivity contribution < 1.29 is 9.53 Å². The van der Waals surface area contributed by atoms with Gasteiger partial charge < -0.3 is 15.8 Å². The molecule has 0 saturated heterocycles. The van der Waals surface area contributed by atoms with Crippen LogP contribution in [0.5, 0.6) is 0 Å². The Morgan fingerprint density at radius 2 is 2.29 bits per heavy atom. The number of anilines is 1. The van der Waals surface area contributed by atoms with Crippen molar-refractivity contribution in [2.75, 3.05) is 19.0 Å². The molecule has 0 spiro atoms. The molecule has 94 valence electrons. The average Bonchev–Trinajstić information content (AvgIpc) is 2.72. The molecule has 1 aromatic rings. The molecule has 1 heterocycles. The Hall–Kier alpha value is -1.26. The monoisotopic (exact) mass is 256 g/mol. The highest BCUT2D eigenvalue weighted by molar-refractivity contribution is 5.85. The van der Waals surface area contributed by atoms with Crippen molar-refractivity contribution in [2.24, 2.45) is 5.73 Å². The molecule has 0 fully saturated rings. The molecule has 0 saturated carbocycles. The van der Waals surface area contributed by atoms with Gasteiger partial charge in [0.2, 0.25) is 0 Å². The molecule has 0 radical (unpaired) electrons. The summed E-state index contributed by atoms with van der Waals surface area (Å²) in [4.78, 5) is 11.2. The van der Waals surface area contributed by atoms with Gasteiger partial charge in [0.1, 0.15) is 6.04 Å². The van der Waals surface area contributed by atoms with Crippen LogP contribution in [0.4, 0.5) is 5.69 Å². The molecular formula is C12H17ClN2O2. The van der Waals surface area contributed by atoms with Crippen LogP contribution in [0.15, 0.2) is 24.3 Å². The van der Waals surface area contributed by atoms with Crippen molar-refractivity contribution >= 4 is 24.1 Å². The Bertz CT molecular complexity index is 398. The van der Waals surface area contributed by atoms with E-state index in [4.69, 9.17) is 5.73 Å². The maximum absolute atomic E-state index is 11.2. The number of nitrogens with one attached hydrogen (secondary N) is 1. The predicted molar refractivity (Wildman–Crippen MR) is 69.5 cm³/mol. The van der Waals surface area contributed by atoms with E-state index in [1.54, 1.807) is 0 Å². The van der Waals surface area contributed by atoms with Crippen LogP contribution < -0.4 is 11.1 Å². The van der Waals surface area contributed by atoms with Gasteiger partial charge in [-0.3, -0.25) is 4.79 Å². The summed E-state index contributed by atoms with van der Waals surface area (Å²) in [7, 11) is 1.36. The molecular weight excluding hydrogens is 240 g/mol. The lowest BCUT2D eigenvalue weighted by Crippen LogP contribution is -2.33. The molecule has 0 aliphatic carbocycles. The first-order valence-corrected chi connectivity index (χ1v) is 5.38. The smallest absolute Gasteiger partial charge is 0.322 e. The van der Waals surface area contributed by atoms with E-state index in [0.717, 1.165) is 12.2 Å². The van der Waals surface area contributed by atoms with Crippen molar-refractivity contribution in [2.45, 2.75) is 18.4 Å². The quantitative estimate of drug-likeness (QED) is 0.805. The van der Waals surface area contributed by atoms with E-state index >= 15 is 0 Å². The van der Waals surface area contributed by atoms with Crippen LogP contribution in [0.25, 0.3) is 0 Å². The average molecular weight is 257 g/mol. The second kappa shape index (κ2) is 5.89. The number of hydrogen-bond donors (Lipinski definition) is 2. The lowest BCUT2D eigenvalue weighted by atomic mass is 9.94. The summed E-state index contributed by atoms with van der Waals surface area (Å²) in [5, 5.41) is 3.30. The second-order valence-electron chi connectivity index (χ2n) is 4.03. The standard InChI is InChI=1S/C12H16N2O2.ClH/c1-16-12(15)10(13)6-8-7-14-11-5-3-2-4-9(8)11;/h2-5,8,10,14H,6-7,13H2,1H3;1H/t8?,10-;/m0./s1. The number of carbonyl (C=O) groups is 1. The van der Waals surface area contributed by atoms with Crippen LogP contribution in [-0.2, 0) is 9.53 Å². The van der Waals surface area contributed by atoms with E-state index in [-0.39, 0.29) is 18.4 Å². The summed E-state index contributed by atoms with van der Waals surface area (Å²) in [6, 6.07) is 7.57. The molecule has 0 bridgehead atoms. The molecule has 5 heteroatoms. The van der Waals surface area contributed by atoms with E-state index in [9.17, 15) is 4.79 Å². The topological polar surface area (TPSA) is 64.3 Å². The minimum absolute atomic E-state index is 0. The van der Waals surface area contributed by atoms with Crippen molar-refractivity contribution in [3.05, 3.63) is 29.8 Å². The number of esters is 1. The molecule has 1 aliphatic heterocycles. The Balaban J connectivity index is 0.00000144. The Morgan fingerprint density at radius 1 is 1.59 bits per heavy atom. The van der Waals surface area contributed by atoms with Crippen molar-refractivity contribution in [1.82, 2.24) is 0 Å². The van der Waals surface area contributed by atoms with Gasteiger partial charge in [-0.15, -0.1) is 12.4 Å². The van der Waals surface area contributed by atoms with Gasteiger partial charge in [-0.05, 0) is 18.1 Å². The number of benzene rings is 1. The second-order valence-corrected chi connectivity index (χ2v) is 4.03. The largest absolute Gasteiger partial charge is 0.468 e. The number of hydrogen-bond acceptors (Lipinski definition) is 4. The van der Waals surface area contributed by atoms with Crippen molar-refractivity contribution in [3.63, 3.8) is 0 Å². The summed E-state index contributed by atoms with van der Waals surface area (Å²) < 4.78 is 4.63. The molecule has 1 unspecified atom stereocenters. The van der Waals surface area contributed by atoms with Crippen molar-refractivity contribution in [1.29, 1.82) is 0 Å². The molecule has 1 aliphatic rings. The number of carbonyl (C=O) groups excluding carboxylic acids is 1. The first-order valence-electron chi connectivity index (χ1n) is 5.38. The third kappa shape index (κ3) is 2.90. The first-order chi connectivity index (χ1) is 7.72. The van der Waals surface area contributed by atoms with Crippen LogP contribution in [-0.4, -0.2) is 25.7 Å². The molecule has 0 aromatic heterocycles. The number of fused-ring (bicyclic) bond motifs is 1. The molecule has 0 amide bonds. The number of methoxy groups -OCH3 is 1. The molecule has 17 heavy (non-hydrogen) atoms. The fraction of sp³-hybridized carbons (Fsp3) is 0.417.